The average Bonchev–Trinajstić information content (AvgIpc) is 2.36. The van der Waals surface area contributed by atoms with E-state index in [9.17, 15) is 0 Å². The van der Waals surface area contributed by atoms with E-state index >= 15 is 0 Å². The standard InChI is InChI=1S/C14H24N4/c1-4-7-15-13-9-12(3)16-14(17-13)18-8-5-6-11(2)10-18/h9,11H,4-8,10H2,1-3H3,(H,15,16,17). The van der Waals surface area contributed by atoms with Crippen molar-refractivity contribution in [2.75, 3.05) is 29.9 Å². The summed E-state index contributed by atoms with van der Waals surface area (Å²) in [7, 11) is 0. The van der Waals surface area contributed by atoms with E-state index in [4.69, 9.17) is 0 Å². The fourth-order valence-electron chi connectivity index (χ4n) is 2.41. The van der Waals surface area contributed by atoms with Crippen LogP contribution in [0, 0.1) is 12.8 Å². The van der Waals surface area contributed by atoms with Crippen molar-refractivity contribution in [3.05, 3.63) is 11.8 Å². The van der Waals surface area contributed by atoms with Crippen LogP contribution < -0.4 is 10.2 Å². The molecule has 0 radical (unpaired) electrons. The van der Waals surface area contributed by atoms with E-state index in [1.807, 2.05) is 13.0 Å². The van der Waals surface area contributed by atoms with Gasteiger partial charge in [0.05, 0.1) is 0 Å². The molecular formula is C14H24N4. The molecule has 1 aliphatic rings. The number of anilines is 2. The van der Waals surface area contributed by atoms with Crippen molar-refractivity contribution >= 4 is 11.8 Å². The maximum absolute atomic E-state index is 4.63. The minimum Gasteiger partial charge on any atom is -0.370 e. The first kappa shape index (κ1) is 13.1. The molecule has 1 saturated heterocycles. The molecule has 4 nitrogen and oxygen atoms in total. The Bertz CT molecular complexity index is 391. The Balaban J connectivity index is 2.13. The van der Waals surface area contributed by atoms with Gasteiger partial charge in [-0.3, -0.25) is 0 Å². The molecule has 0 saturated carbocycles. The van der Waals surface area contributed by atoms with Crippen LogP contribution in [0.4, 0.5) is 11.8 Å². The van der Waals surface area contributed by atoms with Gasteiger partial charge in [-0.25, -0.2) is 4.98 Å². The highest BCUT2D eigenvalue weighted by atomic mass is 15.3. The first-order chi connectivity index (χ1) is 8.69. The maximum atomic E-state index is 4.63. The number of aromatic nitrogens is 2. The number of piperidine rings is 1. The fourth-order valence-corrected chi connectivity index (χ4v) is 2.41. The Morgan fingerprint density at radius 3 is 3.00 bits per heavy atom. The third-order valence-electron chi connectivity index (χ3n) is 3.34. The molecule has 1 unspecified atom stereocenters. The predicted molar refractivity (Wildman–Crippen MR) is 76.2 cm³/mol. The second-order valence-corrected chi connectivity index (χ2v) is 5.31. The second-order valence-electron chi connectivity index (χ2n) is 5.31. The molecule has 0 aromatic carbocycles. The first-order valence-electron chi connectivity index (χ1n) is 7.03. The average molecular weight is 248 g/mol. The van der Waals surface area contributed by atoms with E-state index in [2.05, 4.69) is 34.0 Å². The molecule has 0 spiro atoms. The first-order valence-corrected chi connectivity index (χ1v) is 7.03. The van der Waals surface area contributed by atoms with Crippen LogP contribution in [0.15, 0.2) is 6.07 Å². The Kier molecular flexibility index (Phi) is 4.39. The van der Waals surface area contributed by atoms with Gasteiger partial charge in [0.25, 0.3) is 0 Å². The molecule has 1 atom stereocenters. The lowest BCUT2D eigenvalue weighted by atomic mass is 10.0. The Morgan fingerprint density at radius 2 is 2.28 bits per heavy atom. The lowest BCUT2D eigenvalue weighted by Crippen LogP contribution is -2.35. The maximum Gasteiger partial charge on any atom is 0.227 e. The third-order valence-corrected chi connectivity index (χ3v) is 3.34. The van der Waals surface area contributed by atoms with Gasteiger partial charge in [-0.15, -0.1) is 0 Å². The van der Waals surface area contributed by atoms with Crippen LogP contribution in [-0.2, 0) is 0 Å². The highest BCUT2D eigenvalue weighted by Crippen LogP contribution is 2.21. The molecule has 100 valence electrons. The Labute approximate surface area is 110 Å². The van der Waals surface area contributed by atoms with Gasteiger partial charge in [0.15, 0.2) is 0 Å². The largest absolute Gasteiger partial charge is 0.370 e. The molecule has 1 aromatic rings. The van der Waals surface area contributed by atoms with Crippen LogP contribution in [0.5, 0.6) is 0 Å². The van der Waals surface area contributed by atoms with Gasteiger partial charge >= 0.3 is 0 Å². The summed E-state index contributed by atoms with van der Waals surface area (Å²) < 4.78 is 0. The summed E-state index contributed by atoms with van der Waals surface area (Å²) in [6.45, 7) is 9.63. The van der Waals surface area contributed by atoms with Crippen molar-refractivity contribution in [1.29, 1.82) is 0 Å². The van der Waals surface area contributed by atoms with Gasteiger partial charge < -0.3 is 10.2 Å². The molecule has 1 N–H and O–H groups in total. The van der Waals surface area contributed by atoms with Crippen LogP contribution in [0.25, 0.3) is 0 Å². The number of nitrogens with one attached hydrogen (secondary N) is 1. The van der Waals surface area contributed by atoms with Gasteiger partial charge in [-0.05, 0) is 32.1 Å². The van der Waals surface area contributed by atoms with E-state index in [0.29, 0.717) is 0 Å². The zero-order valence-corrected chi connectivity index (χ0v) is 11.7. The lowest BCUT2D eigenvalue weighted by molar-refractivity contribution is 0.442. The summed E-state index contributed by atoms with van der Waals surface area (Å²) in [6.07, 6.45) is 3.68. The normalized spacial score (nSPS) is 19.9. The molecule has 0 amide bonds. The number of nitrogens with zero attached hydrogens (tertiary/aromatic N) is 3. The molecular weight excluding hydrogens is 224 g/mol. The summed E-state index contributed by atoms with van der Waals surface area (Å²) >= 11 is 0. The number of hydrogen-bond donors (Lipinski definition) is 1. The van der Waals surface area contributed by atoms with E-state index in [1.165, 1.54) is 12.8 Å². The lowest BCUT2D eigenvalue weighted by Gasteiger charge is -2.31. The van der Waals surface area contributed by atoms with E-state index in [0.717, 1.165) is 49.4 Å². The minimum absolute atomic E-state index is 0.745. The number of aryl methyl sites for hydroxylation is 1. The SMILES string of the molecule is CCCNc1cc(C)nc(N2CCCC(C)C2)n1. The quantitative estimate of drug-likeness (QED) is 0.889. The van der Waals surface area contributed by atoms with Crippen molar-refractivity contribution < 1.29 is 0 Å². The summed E-state index contributed by atoms with van der Waals surface area (Å²) in [5, 5.41) is 3.35. The molecule has 0 bridgehead atoms. The van der Waals surface area contributed by atoms with Crippen molar-refractivity contribution in [3.63, 3.8) is 0 Å². The topological polar surface area (TPSA) is 41.1 Å². The van der Waals surface area contributed by atoms with E-state index in [1.54, 1.807) is 0 Å². The number of hydrogen-bond acceptors (Lipinski definition) is 4. The van der Waals surface area contributed by atoms with Crippen LogP contribution in [0.3, 0.4) is 0 Å². The molecule has 18 heavy (non-hydrogen) atoms. The zero-order valence-electron chi connectivity index (χ0n) is 11.7. The van der Waals surface area contributed by atoms with Crippen LogP contribution in [0.1, 0.15) is 38.8 Å². The molecule has 4 heteroatoms. The Hall–Kier alpha value is -1.32. The van der Waals surface area contributed by atoms with Crippen molar-refractivity contribution in [1.82, 2.24) is 9.97 Å². The van der Waals surface area contributed by atoms with Crippen molar-refractivity contribution in [2.45, 2.75) is 40.0 Å². The minimum atomic E-state index is 0.745. The fraction of sp³-hybridized carbons (Fsp3) is 0.714. The molecule has 1 aliphatic heterocycles. The summed E-state index contributed by atoms with van der Waals surface area (Å²) in [5.74, 6) is 2.59. The molecule has 2 heterocycles. The van der Waals surface area contributed by atoms with Gasteiger partial charge in [0, 0.05) is 31.4 Å². The third kappa shape index (κ3) is 3.34. The number of rotatable bonds is 4. The predicted octanol–water partition coefficient (Wildman–Crippen LogP) is 2.84. The second kappa shape index (κ2) is 6.03. The summed E-state index contributed by atoms with van der Waals surface area (Å²) in [5.41, 5.74) is 1.04. The van der Waals surface area contributed by atoms with E-state index in [-0.39, 0.29) is 0 Å². The van der Waals surface area contributed by atoms with Crippen molar-refractivity contribution in [3.8, 4) is 0 Å². The molecule has 2 rings (SSSR count). The summed E-state index contributed by atoms with van der Waals surface area (Å²) in [4.78, 5) is 11.5. The molecule has 1 aromatic heterocycles. The summed E-state index contributed by atoms with van der Waals surface area (Å²) in [6, 6.07) is 2.02. The van der Waals surface area contributed by atoms with Crippen molar-refractivity contribution in [2.24, 2.45) is 5.92 Å². The molecule has 1 fully saturated rings. The van der Waals surface area contributed by atoms with Gasteiger partial charge in [-0.1, -0.05) is 13.8 Å². The van der Waals surface area contributed by atoms with Crippen LogP contribution in [-0.4, -0.2) is 29.6 Å². The van der Waals surface area contributed by atoms with Crippen LogP contribution >= 0.6 is 0 Å². The molecule has 0 aliphatic carbocycles. The monoisotopic (exact) mass is 248 g/mol. The highest BCUT2D eigenvalue weighted by molar-refractivity contribution is 5.43. The zero-order chi connectivity index (χ0) is 13.0. The van der Waals surface area contributed by atoms with Gasteiger partial charge in [0.2, 0.25) is 5.95 Å². The Morgan fingerprint density at radius 1 is 1.44 bits per heavy atom. The van der Waals surface area contributed by atoms with E-state index < -0.39 is 0 Å². The van der Waals surface area contributed by atoms with Crippen LogP contribution in [0.2, 0.25) is 0 Å². The smallest absolute Gasteiger partial charge is 0.227 e. The van der Waals surface area contributed by atoms with Gasteiger partial charge in [-0.2, -0.15) is 4.98 Å². The highest BCUT2D eigenvalue weighted by Gasteiger charge is 2.19. The van der Waals surface area contributed by atoms with Gasteiger partial charge in [0.1, 0.15) is 5.82 Å².